The molecule has 0 saturated heterocycles. The quantitative estimate of drug-likeness (QED) is 0.454. The van der Waals surface area contributed by atoms with Crippen LogP contribution in [0.3, 0.4) is 0 Å². The van der Waals surface area contributed by atoms with Gasteiger partial charge in [0, 0.05) is 53.1 Å². The molecule has 0 amide bonds. The molecule has 2 N–H and O–H groups in total. The molecule has 0 atom stereocenters. The van der Waals surface area contributed by atoms with Crippen LogP contribution in [0.15, 0.2) is 72.2 Å². The summed E-state index contributed by atoms with van der Waals surface area (Å²) >= 11 is 0. The van der Waals surface area contributed by atoms with Crippen molar-refractivity contribution in [2.24, 2.45) is 0 Å². The molecular weight excluding hydrogens is 311 g/mol. The van der Waals surface area contributed by atoms with Gasteiger partial charge in [0.05, 0.1) is 0 Å². The molecule has 0 aromatic rings. The predicted octanol–water partition coefficient (Wildman–Crippen LogP) is 1.32. The van der Waals surface area contributed by atoms with Crippen LogP contribution in [0.4, 0.5) is 0 Å². The predicted molar refractivity (Wildman–Crippen MR) is 78.7 cm³/mol. The van der Waals surface area contributed by atoms with E-state index in [0.717, 1.165) is 0 Å². The fourth-order valence-corrected chi connectivity index (χ4v) is 1.71. The summed E-state index contributed by atoms with van der Waals surface area (Å²) in [6, 6.07) is 0. The molecule has 0 saturated carbocycles. The third kappa shape index (κ3) is 5.40. The summed E-state index contributed by atoms with van der Waals surface area (Å²) in [6.07, 6.45) is 17.1. The van der Waals surface area contributed by atoms with Crippen LogP contribution in [0.5, 0.6) is 0 Å². The first-order valence-corrected chi connectivity index (χ1v) is 6.42. The number of allylic oxidation sites excluding steroid dienone is 10. The third-order valence-electron chi connectivity index (χ3n) is 2.77. The minimum Gasteiger partial charge on any atom is -0.389 e. The zero-order valence-electron chi connectivity index (χ0n) is 11.3. The van der Waals surface area contributed by atoms with Gasteiger partial charge in [-0.2, -0.15) is 0 Å². The molecule has 21 heavy (non-hydrogen) atoms. The van der Waals surface area contributed by atoms with Gasteiger partial charge >= 0.3 is 0 Å². The molecule has 0 unspecified atom stereocenters. The number of nitrogens with one attached hydrogen (secondary N) is 2. The number of hydrogen-bond donors (Lipinski definition) is 2. The van der Waals surface area contributed by atoms with Crippen LogP contribution in [-0.4, -0.2) is 24.7 Å². The SMILES string of the molecule is O=C1C=CC=C/C1=C/NCCN/C=C1/C=CC=CC1=O.[Ni]. The Morgan fingerprint density at radius 3 is 1.48 bits per heavy atom. The second kappa shape index (κ2) is 8.93. The minimum absolute atomic E-state index is 0. The van der Waals surface area contributed by atoms with Gasteiger partial charge < -0.3 is 10.6 Å². The van der Waals surface area contributed by atoms with Crippen molar-refractivity contribution in [3.8, 4) is 0 Å². The molecule has 2 aliphatic rings. The number of carbonyl (C=O) groups is 2. The molecule has 0 aromatic heterocycles. The van der Waals surface area contributed by atoms with E-state index >= 15 is 0 Å². The van der Waals surface area contributed by atoms with Crippen molar-refractivity contribution in [3.63, 3.8) is 0 Å². The van der Waals surface area contributed by atoms with Gasteiger partial charge in [0.15, 0.2) is 11.6 Å². The van der Waals surface area contributed by atoms with Gasteiger partial charge in [-0.3, -0.25) is 9.59 Å². The molecule has 0 radical (unpaired) electrons. The van der Waals surface area contributed by atoms with E-state index in [0.29, 0.717) is 24.2 Å². The molecule has 0 aliphatic heterocycles. The minimum atomic E-state index is -0.000182. The number of hydrogen-bond acceptors (Lipinski definition) is 4. The standard InChI is InChI=1S/C16H16N2O2.Ni/c19-15-7-3-1-5-13(15)11-17-9-10-18-12-14-6-2-4-8-16(14)20;/h1-8,11-12,17-18H,9-10H2;/b13-11-,14-12-;. The van der Waals surface area contributed by atoms with Crippen LogP contribution in [0.2, 0.25) is 0 Å². The number of rotatable bonds is 5. The molecule has 4 nitrogen and oxygen atoms in total. The van der Waals surface area contributed by atoms with E-state index in [1.165, 1.54) is 12.2 Å². The summed E-state index contributed by atoms with van der Waals surface area (Å²) in [5.41, 5.74) is 1.28. The largest absolute Gasteiger partial charge is 0.389 e. The summed E-state index contributed by atoms with van der Waals surface area (Å²) in [4.78, 5) is 22.9. The maximum atomic E-state index is 11.4. The topological polar surface area (TPSA) is 58.2 Å². The Labute approximate surface area is 134 Å². The Morgan fingerprint density at radius 1 is 0.714 bits per heavy atom. The fraction of sp³-hybridized carbons (Fsp3) is 0.125. The van der Waals surface area contributed by atoms with Crippen molar-refractivity contribution in [3.05, 3.63) is 72.2 Å². The van der Waals surface area contributed by atoms with Crippen molar-refractivity contribution in [2.45, 2.75) is 0 Å². The van der Waals surface area contributed by atoms with E-state index in [4.69, 9.17) is 0 Å². The van der Waals surface area contributed by atoms with Crippen molar-refractivity contribution in [1.29, 1.82) is 0 Å². The molecular formula is C16H16N2NiO2. The Balaban J connectivity index is 0.00000220. The first-order valence-electron chi connectivity index (χ1n) is 6.42. The Morgan fingerprint density at radius 2 is 1.10 bits per heavy atom. The van der Waals surface area contributed by atoms with Crippen LogP contribution in [-0.2, 0) is 26.1 Å². The summed E-state index contributed by atoms with van der Waals surface area (Å²) in [7, 11) is 0. The smallest absolute Gasteiger partial charge is 0.187 e. The van der Waals surface area contributed by atoms with E-state index in [1.807, 2.05) is 12.2 Å². The van der Waals surface area contributed by atoms with Crippen molar-refractivity contribution in [1.82, 2.24) is 10.6 Å². The number of ketones is 2. The van der Waals surface area contributed by atoms with E-state index < -0.39 is 0 Å². The van der Waals surface area contributed by atoms with Crippen LogP contribution < -0.4 is 10.6 Å². The second-order valence-electron chi connectivity index (χ2n) is 4.27. The monoisotopic (exact) mass is 326 g/mol. The first kappa shape index (κ1) is 16.9. The first-order chi connectivity index (χ1) is 9.77. The van der Waals surface area contributed by atoms with Crippen LogP contribution in [0, 0.1) is 0 Å². The molecule has 0 heterocycles. The second-order valence-corrected chi connectivity index (χ2v) is 4.27. The summed E-state index contributed by atoms with van der Waals surface area (Å²) in [6.45, 7) is 1.32. The average molecular weight is 327 g/mol. The molecule has 5 heteroatoms. The third-order valence-corrected chi connectivity index (χ3v) is 2.77. The van der Waals surface area contributed by atoms with Crippen LogP contribution in [0.25, 0.3) is 0 Å². The van der Waals surface area contributed by atoms with Gasteiger partial charge in [-0.25, -0.2) is 0 Å². The summed E-state index contributed by atoms with van der Waals surface area (Å²) < 4.78 is 0. The molecule has 0 bridgehead atoms. The zero-order chi connectivity index (χ0) is 14.2. The van der Waals surface area contributed by atoms with Crippen LogP contribution >= 0.6 is 0 Å². The maximum Gasteiger partial charge on any atom is 0.187 e. The maximum absolute atomic E-state index is 11.4. The number of carbonyl (C=O) groups excluding carboxylic acids is 2. The Bertz CT molecular complexity index is 529. The molecule has 2 aliphatic carbocycles. The molecule has 0 fully saturated rings. The zero-order valence-corrected chi connectivity index (χ0v) is 12.3. The van der Waals surface area contributed by atoms with E-state index in [2.05, 4.69) is 10.6 Å². The fourth-order valence-electron chi connectivity index (χ4n) is 1.71. The van der Waals surface area contributed by atoms with Gasteiger partial charge in [0.2, 0.25) is 0 Å². The van der Waals surface area contributed by atoms with Gasteiger partial charge in [0.25, 0.3) is 0 Å². The van der Waals surface area contributed by atoms with Crippen molar-refractivity contribution in [2.75, 3.05) is 13.1 Å². The van der Waals surface area contributed by atoms with E-state index in [1.54, 1.807) is 36.7 Å². The average Bonchev–Trinajstić information content (AvgIpc) is 2.46. The summed E-state index contributed by atoms with van der Waals surface area (Å²) in [5.74, 6) is -0.000363. The normalized spacial score (nSPS) is 20.0. The summed E-state index contributed by atoms with van der Waals surface area (Å²) in [5, 5.41) is 6.12. The Kier molecular flexibility index (Phi) is 7.20. The van der Waals surface area contributed by atoms with E-state index in [-0.39, 0.29) is 28.1 Å². The molecule has 2 rings (SSSR count). The van der Waals surface area contributed by atoms with Crippen molar-refractivity contribution >= 4 is 11.6 Å². The Hall–Kier alpha value is -2.13. The van der Waals surface area contributed by atoms with Gasteiger partial charge in [-0.15, -0.1) is 0 Å². The molecule has 0 aromatic carbocycles. The molecule has 0 spiro atoms. The van der Waals surface area contributed by atoms with E-state index in [9.17, 15) is 9.59 Å². The van der Waals surface area contributed by atoms with Crippen molar-refractivity contribution < 1.29 is 26.1 Å². The van der Waals surface area contributed by atoms with Gasteiger partial charge in [0.1, 0.15) is 0 Å². The van der Waals surface area contributed by atoms with Gasteiger partial charge in [-0.05, 0) is 24.3 Å². The van der Waals surface area contributed by atoms with Gasteiger partial charge in [-0.1, -0.05) is 24.3 Å². The van der Waals surface area contributed by atoms with Crippen LogP contribution in [0.1, 0.15) is 0 Å². The molecule has 112 valence electrons.